The maximum absolute atomic E-state index is 13.5. The van der Waals surface area contributed by atoms with Crippen molar-refractivity contribution in [3.05, 3.63) is 78.0 Å². The topological polar surface area (TPSA) is 105 Å². The Hall–Kier alpha value is -3.84. The van der Waals surface area contributed by atoms with Gasteiger partial charge in [0.2, 0.25) is 11.0 Å². The van der Waals surface area contributed by atoms with Gasteiger partial charge in [0.15, 0.2) is 0 Å². The number of alkyl halides is 3. The van der Waals surface area contributed by atoms with Crippen LogP contribution in [0.2, 0.25) is 0 Å². The lowest BCUT2D eigenvalue weighted by Gasteiger charge is -2.22. The fourth-order valence-electron chi connectivity index (χ4n) is 4.27. The number of halogens is 4. The molecule has 1 amide bonds. The first-order valence-corrected chi connectivity index (χ1v) is 12.9. The maximum atomic E-state index is 13.5. The van der Waals surface area contributed by atoms with Gasteiger partial charge in [-0.3, -0.25) is 14.8 Å². The predicted octanol–water partition coefficient (Wildman–Crippen LogP) is 4.52. The molecule has 0 spiro atoms. The molecule has 1 N–H and O–H groups in total. The molecule has 0 bridgehead atoms. The number of hydrogen-bond donors (Lipinski definition) is 1. The van der Waals surface area contributed by atoms with E-state index in [0.717, 1.165) is 28.7 Å². The summed E-state index contributed by atoms with van der Waals surface area (Å²) in [5.41, 5.74) is 0.340. The van der Waals surface area contributed by atoms with Crippen molar-refractivity contribution >= 4 is 26.9 Å². The van der Waals surface area contributed by atoms with E-state index < -0.39 is 39.7 Å². The van der Waals surface area contributed by atoms with Crippen molar-refractivity contribution in [3.63, 3.8) is 0 Å². The zero-order valence-corrected chi connectivity index (χ0v) is 20.4. The van der Waals surface area contributed by atoms with Crippen LogP contribution in [0.5, 0.6) is 0 Å². The van der Waals surface area contributed by atoms with Gasteiger partial charge in [-0.25, -0.2) is 12.8 Å². The fraction of sp³-hybridized carbons (Fsp3) is 0.240. The SMILES string of the molecule is O=C(NCc1cccc(-c2ccc(C(F)(F)F)nc2)n1)[C@@H]1CCCN1S(=O)(=O)c1cc2cc(F)ccc2o1. The van der Waals surface area contributed by atoms with Crippen molar-refractivity contribution in [2.75, 3.05) is 6.54 Å². The standard InChI is InChI=1S/C25H20F4N4O4S/c26-17-7-8-21-16(11-17)12-23(37-21)38(35,36)33-10-2-5-20(33)24(34)31-14-18-3-1-4-19(32-18)15-6-9-22(30-13-15)25(27,28)29/h1,3-4,6-9,11-13,20H,2,5,10,14H2,(H,31,34)/t20-/m0/s1. The van der Waals surface area contributed by atoms with Crippen LogP contribution in [-0.4, -0.2) is 41.2 Å². The second-order valence-electron chi connectivity index (χ2n) is 8.68. The number of fused-ring (bicyclic) bond motifs is 1. The number of carbonyl (C=O) groups is 1. The second kappa shape index (κ2) is 9.80. The number of amides is 1. The maximum Gasteiger partial charge on any atom is 0.433 e. The molecule has 8 nitrogen and oxygen atoms in total. The minimum absolute atomic E-state index is 0.0327. The molecule has 13 heteroatoms. The van der Waals surface area contributed by atoms with Crippen LogP contribution in [0, 0.1) is 5.82 Å². The third-order valence-corrected chi connectivity index (χ3v) is 7.89. The van der Waals surface area contributed by atoms with E-state index in [-0.39, 0.29) is 29.2 Å². The van der Waals surface area contributed by atoms with Crippen molar-refractivity contribution in [2.24, 2.45) is 0 Å². The van der Waals surface area contributed by atoms with Gasteiger partial charge in [-0.2, -0.15) is 17.5 Å². The third-order valence-electron chi connectivity index (χ3n) is 6.13. The van der Waals surface area contributed by atoms with Crippen LogP contribution < -0.4 is 5.32 Å². The molecule has 1 aromatic carbocycles. The van der Waals surface area contributed by atoms with Crippen LogP contribution in [0.3, 0.4) is 0 Å². The molecule has 4 aromatic rings. The first-order valence-electron chi connectivity index (χ1n) is 11.5. The first kappa shape index (κ1) is 25.8. The minimum atomic E-state index is -4.55. The quantitative estimate of drug-likeness (QED) is 0.356. The number of aromatic nitrogens is 2. The number of furan rings is 1. The van der Waals surface area contributed by atoms with E-state index in [2.05, 4.69) is 15.3 Å². The number of carbonyl (C=O) groups excluding carboxylic acids is 1. The van der Waals surface area contributed by atoms with Gasteiger partial charge >= 0.3 is 6.18 Å². The normalized spacial score (nSPS) is 16.7. The number of sulfonamides is 1. The Morgan fingerprint density at radius 1 is 1.13 bits per heavy atom. The monoisotopic (exact) mass is 548 g/mol. The molecule has 4 heterocycles. The van der Waals surface area contributed by atoms with E-state index in [9.17, 15) is 30.8 Å². The number of hydrogen-bond acceptors (Lipinski definition) is 6. The molecule has 0 aliphatic carbocycles. The van der Waals surface area contributed by atoms with Crippen LogP contribution in [0.15, 0.2) is 70.3 Å². The molecule has 5 rings (SSSR count). The van der Waals surface area contributed by atoms with Crippen LogP contribution in [0.25, 0.3) is 22.2 Å². The summed E-state index contributed by atoms with van der Waals surface area (Å²) in [6, 6.07) is 10.9. The molecule has 38 heavy (non-hydrogen) atoms. The second-order valence-corrected chi connectivity index (χ2v) is 10.5. The highest BCUT2D eigenvalue weighted by molar-refractivity contribution is 7.89. The predicted molar refractivity (Wildman–Crippen MR) is 127 cm³/mol. The first-order chi connectivity index (χ1) is 18.0. The van der Waals surface area contributed by atoms with E-state index >= 15 is 0 Å². The largest absolute Gasteiger partial charge is 0.443 e. The van der Waals surface area contributed by atoms with Crippen molar-refractivity contribution in [3.8, 4) is 11.3 Å². The summed E-state index contributed by atoms with van der Waals surface area (Å²) in [5.74, 6) is -1.07. The molecule has 3 aromatic heterocycles. The Morgan fingerprint density at radius 2 is 1.95 bits per heavy atom. The molecule has 0 unspecified atom stereocenters. The summed E-state index contributed by atoms with van der Waals surface area (Å²) in [7, 11) is -4.17. The average molecular weight is 549 g/mol. The van der Waals surface area contributed by atoms with Crippen molar-refractivity contribution in [1.82, 2.24) is 19.6 Å². The van der Waals surface area contributed by atoms with Gasteiger partial charge in [0, 0.05) is 29.8 Å². The smallest absolute Gasteiger partial charge is 0.433 e. The van der Waals surface area contributed by atoms with Gasteiger partial charge < -0.3 is 9.73 Å². The Bertz CT molecular complexity index is 1600. The summed E-state index contributed by atoms with van der Waals surface area (Å²) < 4.78 is 84.8. The molecule has 1 aliphatic heterocycles. The lowest BCUT2D eigenvalue weighted by molar-refractivity contribution is -0.141. The van der Waals surface area contributed by atoms with Crippen LogP contribution in [-0.2, 0) is 27.5 Å². The average Bonchev–Trinajstić information content (AvgIpc) is 3.55. The van der Waals surface area contributed by atoms with Crippen molar-refractivity contribution in [2.45, 2.75) is 36.7 Å². The summed E-state index contributed by atoms with van der Waals surface area (Å²) in [6.45, 7) is 0.0789. The van der Waals surface area contributed by atoms with Crippen LogP contribution >= 0.6 is 0 Å². The van der Waals surface area contributed by atoms with E-state index in [1.54, 1.807) is 18.2 Å². The van der Waals surface area contributed by atoms with E-state index in [1.807, 2.05) is 0 Å². The molecule has 1 saturated heterocycles. The Morgan fingerprint density at radius 3 is 2.68 bits per heavy atom. The zero-order valence-electron chi connectivity index (χ0n) is 19.6. The highest BCUT2D eigenvalue weighted by Crippen LogP contribution is 2.31. The van der Waals surface area contributed by atoms with Gasteiger partial charge in [0.05, 0.1) is 17.9 Å². The molecule has 198 valence electrons. The molecule has 0 radical (unpaired) electrons. The fourth-order valence-corrected chi connectivity index (χ4v) is 5.88. The Labute approximate surface area is 214 Å². The lowest BCUT2D eigenvalue weighted by Crippen LogP contribution is -2.45. The van der Waals surface area contributed by atoms with E-state index in [1.165, 1.54) is 18.2 Å². The van der Waals surface area contributed by atoms with Crippen molar-refractivity contribution < 1.29 is 35.2 Å². The number of rotatable bonds is 6. The number of benzene rings is 1. The highest BCUT2D eigenvalue weighted by atomic mass is 32.2. The van der Waals surface area contributed by atoms with Crippen LogP contribution in [0.1, 0.15) is 24.2 Å². The Kier molecular flexibility index (Phi) is 6.65. The van der Waals surface area contributed by atoms with Gasteiger partial charge in [0.1, 0.15) is 23.1 Å². The van der Waals surface area contributed by atoms with E-state index in [4.69, 9.17) is 4.42 Å². The molecule has 1 aliphatic rings. The third kappa shape index (κ3) is 5.11. The molecule has 0 saturated carbocycles. The molecular formula is C25H20F4N4O4S. The van der Waals surface area contributed by atoms with Gasteiger partial charge in [0.25, 0.3) is 10.0 Å². The van der Waals surface area contributed by atoms with Crippen molar-refractivity contribution in [1.29, 1.82) is 0 Å². The van der Waals surface area contributed by atoms with E-state index in [0.29, 0.717) is 29.8 Å². The summed E-state index contributed by atoms with van der Waals surface area (Å²) in [6.07, 6.45) is -2.73. The summed E-state index contributed by atoms with van der Waals surface area (Å²) >= 11 is 0. The minimum Gasteiger partial charge on any atom is -0.443 e. The van der Waals surface area contributed by atoms with Gasteiger partial charge in [-0.1, -0.05) is 6.07 Å². The highest BCUT2D eigenvalue weighted by Gasteiger charge is 2.41. The summed E-state index contributed by atoms with van der Waals surface area (Å²) in [5, 5.41) is 2.60. The van der Waals surface area contributed by atoms with Crippen LogP contribution in [0.4, 0.5) is 17.6 Å². The Balaban J connectivity index is 1.28. The molecule has 1 atom stereocenters. The lowest BCUT2D eigenvalue weighted by atomic mass is 10.1. The van der Waals surface area contributed by atoms with Gasteiger partial charge in [-0.15, -0.1) is 0 Å². The molecular weight excluding hydrogens is 528 g/mol. The number of pyridine rings is 2. The summed E-state index contributed by atoms with van der Waals surface area (Å²) in [4.78, 5) is 20.8. The molecule has 1 fully saturated rings. The number of nitrogens with zero attached hydrogens (tertiary/aromatic N) is 3. The van der Waals surface area contributed by atoms with Gasteiger partial charge in [-0.05, 0) is 55.3 Å². The number of nitrogens with one attached hydrogen (secondary N) is 1. The zero-order chi connectivity index (χ0) is 27.1.